The third-order valence-corrected chi connectivity index (χ3v) is 5.77. The highest BCUT2D eigenvalue weighted by molar-refractivity contribution is 7.92. The van der Waals surface area contributed by atoms with Crippen LogP contribution in [0.5, 0.6) is 5.75 Å². The summed E-state index contributed by atoms with van der Waals surface area (Å²) in [4.78, 5) is 2.68. The van der Waals surface area contributed by atoms with Gasteiger partial charge in [0.05, 0.1) is 17.2 Å². The van der Waals surface area contributed by atoms with Gasteiger partial charge in [0.25, 0.3) is 10.0 Å². The highest BCUT2D eigenvalue weighted by Crippen LogP contribution is 2.34. The maximum absolute atomic E-state index is 13.3. The summed E-state index contributed by atoms with van der Waals surface area (Å²) in [5, 5.41) is 3.45. The Morgan fingerprint density at radius 3 is 2.55 bits per heavy atom. The van der Waals surface area contributed by atoms with Crippen molar-refractivity contribution in [2.75, 3.05) is 11.4 Å². The Labute approximate surface area is 164 Å². The van der Waals surface area contributed by atoms with Crippen molar-refractivity contribution in [3.63, 3.8) is 0 Å². The SMILES string of the molecule is O=S(=O)(Nn1nc(C(F)(F)F)cc1-c1ccc2c(c1)CCCO2)c1ccccc1. The van der Waals surface area contributed by atoms with Crippen molar-refractivity contribution in [1.82, 2.24) is 9.89 Å². The van der Waals surface area contributed by atoms with Crippen LogP contribution in [0.1, 0.15) is 17.7 Å². The van der Waals surface area contributed by atoms with Crippen molar-refractivity contribution in [1.29, 1.82) is 0 Å². The summed E-state index contributed by atoms with van der Waals surface area (Å²) >= 11 is 0. The number of sulfonamides is 1. The number of ether oxygens (including phenoxy) is 1. The van der Waals surface area contributed by atoms with Gasteiger partial charge in [0, 0.05) is 5.56 Å². The molecule has 0 saturated carbocycles. The van der Waals surface area contributed by atoms with E-state index in [2.05, 4.69) is 9.93 Å². The molecule has 0 radical (unpaired) electrons. The second-order valence-corrected chi connectivity index (χ2v) is 8.17. The van der Waals surface area contributed by atoms with Crippen molar-refractivity contribution in [3.8, 4) is 17.0 Å². The van der Waals surface area contributed by atoms with Crippen molar-refractivity contribution in [2.45, 2.75) is 23.9 Å². The molecule has 0 atom stereocenters. The molecule has 6 nitrogen and oxygen atoms in total. The molecule has 0 aliphatic carbocycles. The average molecular weight is 423 g/mol. The lowest BCUT2D eigenvalue weighted by atomic mass is 10.0. The lowest BCUT2D eigenvalue weighted by Gasteiger charge is -2.18. The van der Waals surface area contributed by atoms with E-state index in [1.807, 2.05) is 0 Å². The van der Waals surface area contributed by atoms with E-state index in [1.165, 1.54) is 24.3 Å². The smallest absolute Gasteiger partial charge is 0.435 e. The monoisotopic (exact) mass is 423 g/mol. The van der Waals surface area contributed by atoms with Gasteiger partial charge in [-0.05, 0) is 54.8 Å². The number of hydrogen-bond donors (Lipinski definition) is 1. The minimum atomic E-state index is -4.73. The molecule has 2 aromatic carbocycles. The molecule has 0 bridgehead atoms. The third-order valence-electron chi connectivity index (χ3n) is 4.46. The molecule has 0 amide bonds. The van der Waals surface area contributed by atoms with Gasteiger partial charge in [-0.1, -0.05) is 18.2 Å². The molecule has 1 N–H and O–H groups in total. The third kappa shape index (κ3) is 3.93. The minimum Gasteiger partial charge on any atom is -0.493 e. The van der Waals surface area contributed by atoms with Gasteiger partial charge in [-0.15, -0.1) is 5.10 Å². The van der Waals surface area contributed by atoms with Crippen LogP contribution in [-0.2, 0) is 22.6 Å². The van der Waals surface area contributed by atoms with Gasteiger partial charge < -0.3 is 4.74 Å². The zero-order chi connectivity index (χ0) is 20.6. The molecule has 0 fully saturated rings. The van der Waals surface area contributed by atoms with Crippen LogP contribution in [0.25, 0.3) is 11.3 Å². The minimum absolute atomic E-state index is 0.0230. The summed E-state index contributed by atoms with van der Waals surface area (Å²) in [6.07, 6.45) is -3.21. The van der Waals surface area contributed by atoms with Crippen molar-refractivity contribution in [3.05, 3.63) is 65.9 Å². The number of alkyl halides is 3. The number of aryl methyl sites for hydroxylation is 1. The van der Waals surface area contributed by atoms with Crippen LogP contribution in [0.3, 0.4) is 0 Å². The Bertz CT molecular complexity index is 1140. The molecule has 0 saturated heterocycles. The van der Waals surface area contributed by atoms with Crippen LogP contribution in [0, 0.1) is 0 Å². The zero-order valence-corrected chi connectivity index (χ0v) is 15.8. The number of hydrogen-bond acceptors (Lipinski definition) is 4. The summed E-state index contributed by atoms with van der Waals surface area (Å²) < 4.78 is 70.5. The van der Waals surface area contributed by atoms with E-state index in [-0.39, 0.29) is 10.6 Å². The maximum atomic E-state index is 13.3. The Morgan fingerprint density at radius 2 is 1.83 bits per heavy atom. The molecule has 3 aromatic rings. The molecule has 1 aliphatic rings. The fraction of sp³-hybridized carbons (Fsp3) is 0.211. The van der Waals surface area contributed by atoms with E-state index < -0.39 is 21.9 Å². The van der Waals surface area contributed by atoms with Gasteiger partial charge in [-0.25, -0.2) is 0 Å². The number of fused-ring (bicyclic) bond motifs is 1. The Kier molecular flexibility index (Phi) is 4.73. The second-order valence-electron chi connectivity index (χ2n) is 6.51. The van der Waals surface area contributed by atoms with Crippen LogP contribution < -0.4 is 9.57 Å². The number of nitrogens with one attached hydrogen (secondary N) is 1. The molecular formula is C19H16F3N3O3S. The summed E-state index contributed by atoms with van der Waals surface area (Å²) in [6.45, 7) is 0.583. The largest absolute Gasteiger partial charge is 0.493 e. The number of benzene rings is 2. The van der Waals surface area contributed by atoms with Crippen LogP contribution in [0.4, 0.5) is 13.2 Å². The topological polar surface area (TPSA) is 73.2 Å². The molecule has 152 valence electrons. The van der Waals surface area contributed by atoms with E-state index in [4.69, 9.17) is 4.74 Å². The van der Waals surface area contributed by atoms with Crippen molar-refractivity contribution < 1.29 is 26.3 Å². The van der Waals surface area contributed by atoms with Crippen LogP contribution >= 0.6 is 0 Å². The van der Waals surface area contributed by atoms with Gasteiger partial charge in [0.15, 0.2) is 5.69 Å². The summed E-state index contributed by atoms with van der Waals surface area (Å²) in [6, 6.07) is 13.1. The lowest BCUT2D eigenvalue weighted by Crippen LogP contribution is -2.25. The first-order valence-electron chi connectivity index (χ1n) is 8.75. The number of aromatic nitrogens is 2. The maximum Gasteiger partial charge on any atom is 0.435 e. The van der Waals surface area contributed by atoms with Gasteiger partial charge >= 0.3 is 6.18 Å². The molecule has 0 spiro atoms. The van der Waals surface area contributed by atoms with Gasteiger partial charge in [0.2, 0.25) is 0 Å². The number of nitrogens with zero attached hydrogens (tertiary/aromatic N) is 2. The quantitative estimate of drug-likeness (QED) is 0.692. The fourth-order valence-electron chi connectivity index (χ4n) is 3.08. The molecule has 29 heavy (non-hydrogen) atoms. The standard InChI is InChI=1S/C19H16F3N3O3S/c20-19(21,22)18-12-16(13-8-9-17-14(11-13)5-4-10-28-17)25(23-18)24-29(26,27)15-6-2-1-3-7-15/h1-3,6-9,11-12,24H,4-5,10H2. The van der Waals surface area contributed by atoms with E-state index in [1.54, 1.807) is 24.3 Å². The normalized spacial score (nSPS) is 14.2. The van der Waals surface area contributed by atoms with Gasteiger partial charge in [0.1, 0.15) is 5.75 Å². The molecule has 4 rings (SSSR count). The predicted octanol–water partition coefficient (Wildman–Crippen LogP) is 3.83. The fourth-order valence-corrected chi connectivity index (χ4v) is 4.07. The lowest BCUT2D eigenvalue weighted by molar-refractivity contribution is -0.141. The highest BCUT2D eigenvalue weighted by Gasteiger charge is 2.36. The molecule has 10 heteroatoms. The molecule has 0 unspecified atom stereocenters. The van der Waals surface area contributed by atoms with E-state index in [9.17, 15) is 21.6 Å². The van der Waals surface area contributed by atoms with Crippen LogP contribution in [0.15, 0.2) is 59.5 Å². The van der Waals surface area contributed by atoms with E-state index in [0.717, 1.165) is 24.5 Å². The first kappa shape index (κ1) is 19.3. The highest BCUT2D eigenvalue weighted by atomic mass is 32.2. The van der Waals surface area contributed by atoms with Crippen LogP contribution in [0.2, 0.25) is 0 Å². The molecule has 1 aromatic heterocycles. The van der Waals surface area contributed by atoms with Gasteiger partial charge in [-0.2, -0.15) is 31.2 Å². The summed E-state index contributed by atoms with van der Waals surface area (Å²) in [7, 11) is -4.13. The van der Waals surface area contributed by atoms with Crippen molar-refractivity contribution >= 4 is 10.0 Å². The van der Waals surface area contributed by atoms with Crippen LogP contribution in [-0.4, -0.2) is 24.9 Å². The Morgan fingerprint density at radius 1 is 1.07 bits per heavy atom. The first-order chi connectivity index (χ1) is 13.7. The molecular weight excluding hydrogens is 407 g/mol. The number of rotatable bonds is 4. The zero-order valence-electron chi connectivity index (χ0n) is 15.0. The Hall–Kier alpha value is -3.01. The average Bonchev–Trinajstić information content (AvgIpc) is 3.12. The first-order valence-corrected chi connectivity index (χ1v) is 10.2. The molecule has 1 aliphatic heterocycles. The summed E-state index contributed by atoms with van der Waals surface area (Å²) in [5.41, 5.74) is 0.0245. The Balaban J connectivity index is 1.79. The number of halogens is 3. The van der Waals surface area contributed by atoms with Crippen molar-refractivity contribution in [2.24, 2.45) is 0 Å². The second kappa shape index (κ2) is 7.11. The van der Waals surface area contributed by atoms with E-state index >= 15 is 0 Å². The van der Waals surface area contributed by atoms with Gasteiger partial charge in [-0.3, -0.25) is 0 Å². The predicted molar refractivity (Wildman–Crippen MR) is 99.5 cm³/mol. The molecule has 2 heterocycles. The van der Waals surface area contributed by atoms with E-state index in [0.29, 0.717) is 22.7 Å². The summed E-state index contributed by atoms with van der Waals surface area (Å²) in [5.74, 6) is 0.673.